The van der Waals surface area contributed by atoms with Crippen LogP contribution in [0.15, 0.2) is 47.3 Å². The molecule has 5 heteroatoms. The summed E-state index contributed by atoms with van der Waals surface area (Å²) in [5, 5.41) is 3.03. The van der Waals surface area contributed by atoms with Crippen molar-refractivity contribution >= 4 is 5.91 Å². The van der Waals surface area contributed by atoms with Crippen molar-refractivity contribution in [3.8, 4) is 11.3 Å². The SMILES string of the molecule is O=C(NC1CCN(C2CC2)CC1)c1ccc(-c2ccccc2)[nH]c1=O. The molecule has 1 amide bonds. The first-order valence-electron chi connectivity index (χ1n) is 9.04. The van der Waals surface area contributed by atoms with Crippen molar-refractivity contribution in [1.82, 2.24) is 15.2 Å². The third-order valence-electron chi connectivity index (χ3n) is 5.17. The number of carbonyl (C=O) groups is 1. The Kier molecular flexibility index (Phi) is 4.40. The maximum Gasteiger partial charge on any atom is 0.261 e. The van der Waals surface area contributed by atoms with Crippen molar-refractivity contribution in [2.24, 2.45) is 0 Å². The number of hydrogen-bond acceptors (Lipinski definition) is 3. The number of benzene rings is 1. The summed E-state index contributed by atoms with van der Waals surface area (Å²) in [4.78, 5) is 30.1. The Morgan fingerprint density at radius 3 is 2.36 bits per heavy atom. The van der Waals surface area contributed by atoms with Gasteiger partial charge in [0.2, 0.25) is 0 Å². The van der Waals surface area contributed by atoms with Gasteiger partial charge in [-0.2, -0.15) is 0 Å². The zero-order chi connectivity index (χ0) is 17.2. The molecule has 2 aromatic rings. The predicted molar refractivity (Wildman–Crippen MR) is 97.6 cm³/mol. The molecule has 2 fully saturated rings. The average Bonchev–Trinajstić information content (AvgIpc) is 3.48. The molecule has 4 rings (SSSR count). The second-order valence-corrected chi connectivity index (χ2v) is 7.00. The van der Waals surface area contributed by atoms with Gasteiger partial charge in [0.05, 0.1) is 0 Å². The van der Waals surface area contributed by atoms with E-state index in [4.69, 9.17) is 0 Å². The van der Waals surface area contributed by atoms with Gasteiger partial charge in [-0.15, -0.1) is 0 Å². The fraction of sp³-hybridized carbons (Fsp3) is 0.400. The third-order valence-corrected chi connectivity index (χ3v) is 5.17. The first-order chi connectivity index (χ1) is 12.2. The Morgan fingerprint density at radius 1 is 1.00 bits per heavy atom. The molecule has 1 saturated carbocycles. The van der Waals surface area contributed by atoms with E-state index in [1.807, 2.05) is 30.3 Å². The number of aromatic amines is 1. The number of hydrogen-bond donors (Lipinski definition) is 2. The predicted octanol–water partition coefficient (Wildman–Crippen LogP) is 2.40. The van der Waals surface area contributed by atoms with Gasteiger partial charge in [0.15, 0.2) is 0 Å². The van der Waals surface area contributed by atoms with Crippen LogP contribution in [0.5, 0.6) is 0 Å². The van der Waals surface area contributed by atoms with E-state index in [1.165, 1.54) is 12.8 Å². The van der Waals surface area contributed by atoms with Crippen molar-refractivity contribution in [3.63, 3.8) is 0 Å². The van der Waals surface area contributed by atoms with Crippen molar-refractivity contribution in [3.05, 3.63) is 58.4 Å². The van der Waals surface area contributed by atoms with Gasteiger partial charge < -0.3 is 15.2 Å². The van der Waals surface area contributed by atoms with E-state index in [0.717, 1.165) is 43.2 Å². The molecule has 1 aliphatic carbocycles. The van der Waals surface area contributed by atoms with Gasteiger partial charge in [0, 0.05) is 30.9 Å². The molecule has 0 atom stereocenters. The van der Waals surface area contributed by atoms with E-state index < -0.39 is 0 Å². The van der Waals surface area contributed by atoms with E-state index in [1.54, 1.807) is 12.1 Å². The summed E-state index contributed by atoms with van der Waals surface area (Å²) in [6.07, 6.45) is 4.56. The van der Waals surface area contributed by atoms with Gasteiger partial charge in [-0.1, -0.05) is 30.3 Å². The highest BCUT2D eigenvalue weighted by Gasteiger charge is 2.32. The minimum atomic E-state index is -0.339. The number of amides is 1. The fourth-order valence-corrected chi connectivity index (χ4v) is 3.55. The Morgan fingerprint density at radius 2 is 1.72 bits per heavy atom. The highest BCUT2D eigenvalue weighted by molar-refractivity contribution is 5.94. The van der Waals surface area contributed by atoms with Crippen LogP contribution in [-0.4, -0.2) is 41.0 Å². The minimum Gasteiger partial charge on any atom is -0.349 e. The highest BCUT2D eigenvalue weighted by atomic mass is 16.2. The molecule has 130 valence electrons. The molecule has 1 aromatic heterocycles. The molecule has 0 spiro atoms. The van der Waals surface area contributed by atoms with Crippen molar-refractivity contribution < 1.29 is 4.79 Å². The molecular formula is C20H23N3O2. The summed E-state index contributed by atoms with van der Waals surface area (Å²) in [6.45, 7) is 2.08. The lowest BCUT2D eigenvalue weighted by Gasteiger charge is -2.32. The van der Waals surface area contributed by atoms with E-state index in [-0.39, 0.29) is 23.1 Å². The molecule has 1 saturated heterocycles. The summed E-state index contributed by atoms with van der Waals surface area (Å²) in [7, 11) is 0. The lowest BCUT2D eigenvalue weighted by atomic mass is 10.0. The maximum atomic E-state index is 12.5. The number of aromatic nitrogens is 1. The van der Waals surface area contributed by atoms with Crippen molar-refractivity contribution in [1.29, 1.82) is 0 Å². The lowest BCUT2D eigenvalue weighted by molar-refractivity contribution is 0.0907. The van der Waals surface area contributed by atoms with Gasteiger partial charge in [-0.05, 0) is 43.4 Å². The van der Waals surface area contributed by atoms with Gasteiger partial charge >= 0.3 is 0 Å². The second-order valence-electron chi connectivity index (χ2n) is 7.00. The quantitative estimate of drug-likeness (QED) is 0.900. The Bertz CT molecular complexity index is 803. The van der Waals surface area contributed by atoms with E-state index >= 15 is 0 Å². The van der Waals surface area contributed by atoms with E-state index in [2.05, 4.69) is 15.2 Å². The number of carbonyl (C=O) groups excluding carboxylic acids is 1. The number of pyridine rings is 1. The molecule has 2 N–H and O–H groups in total. The number of likely N-dealkylation sites (tertiary alicyclic amines) is 1. The first-order valence-corrected chi connectivity index (χ1v) is 9.04. The molecule has 1 aromatic carbocycles. The van der Waals surface area contributed by atoms with Crippen LogP contribution in [0.4, 0.5) is 0 Å². The van der Waals surface area contributed by atoms with Crippen LogP contribution in [0.3, 0.4) is 0 Å². The largest absolute Gasteiger partial charge is 0.349 e. The number of rotatable bonds is 4. The van der Waals surface area contributed by atoms with Crippen LogP contribution in [0.25, 0.3) is 11.3 Å². The standard InChI is InChI=1S/C20H23N3O2/c24-19(21-15-10-12-23(13-11-15)16-6-7-16)17-8-9-18(22-20(17)25)14-4-2-1-3-5-14/h1-5,8-9,15-16H,6-7,10-13H2,(H,21,24)(H,22,25). The molecule has 1 aliphatic heterocycles. The number of H-pyrrole nitrogens is 1. The number of nitrogens with zero attached hydrogens (tertiary/aromatic N) is 1. The molecule has 2 heterocycles. The van der Waals surface area contributed by atoms with E-state index in [9.17, 15) is 9.59 Å². The van der Waals surface area contributed by atoms with Crippen LogP contribution >= 0.6 is 0 Å². The van der Waals surface area contributed by atoms with Crippen LogP contribution < -0.4 is 10.9 Å². The normalized spacial score (nSPS) is 18.9. The zero-order valence-corrected chi connectivity index (χ0v) is 14.2. The van der Waals surface area contributed by atoms with E-state index in [0.29, 0.717) is 0 Å². The number of nitrogens with one attached hydrogen (secondary N) is 2. The fourth-order valence-electron chi connectivity index (χ4n) is 3.55. The lowest BCUT2D eigenvalue weighted by Crippen LogP contribution is -2.46. The maximum absolute atomic E-state index is 12.5. The Labute approximate surface area is 147 Å². The second kappa shape index (κ2) is 6.84. The first kappa shape index (κ1) is 16.1. The van der Waals surface area contributed by atoms with Crippen LogP contribution in [0.2, 0.25) is 0 Å². The monoisotopic (exact) mass is 337 g/mol. The topological polar surface area (TPSA) is 65.2 Å². The Balaban J connectivity index is 1.41. The summed E-state index contributed by atoms with van der Waals surface area (Å²) < 4.78 is 0. The molecule has 2 aliphatic rings. The molecule has 25 heavy (non-hydrogen) atoms. The molecule has 0 unspecified atom stereocenters. The van der Waals surface area contributed by atoms with Crippen LogP contribution in [0, 0.1) is 0 Å². The third kappa shape index (κ3) is 3.66. The smallest absolute Gasteiger partial charge is 0.261 e. The van der Waals surface area contributed by atoms with Crippen LogP contribution in [0.1, 0.15) is 36.0 Å². The van der Waals surface area contributed by atoms with Crippen molar-refractivity contribution in [2.45, 2.75) is 37.8 Å². The number of piperidine rings is 1. The van der Waals surface area contributed by atoms with Gasteiger partial charge in [-0.3, -0.25) is 9.59 Å². The molecule has 0 radical (unpaired) electrons. The van der Waals surface area contributed by atoms with Gasteiger partial charge in [0.25, 0.3) is 11.5 Å². The van der Waals surface area contributed by atoms with Gasteiger partial charge in [0.1, 0.15) is 5.56 Å². The summed E-state index contributed by atoms with van der Waals surface area (Å²) in [6, 6.07) is 14.0. The zero-order valence-electron chi connectivity index (χ0n) is 14.2. The highest BCUT2D eigenvalue weighted by Crippen LogP contribution is 2.29. The summed E-state index contributed by atoms with van der Waals surface area (Å²) in [5.74, 6) is -0.272. The van der Waals surface area contributed by atoms with Crippen molar-refractivity contribution in [2.75, 3.05) is 13.1 Å². The Hall–Kier alpha value is -2.40. The molecule has 0 bridgehead atoms. The molecular weight excluding hydrogens is 314 g/mol. The average molecular weight is 337 g/mol. The minimum absolute atomic E-state index is 0.163. The molecule has 5 nitrogen and oxygen atoms in total. The summed E-state index contributed by atoms with van der Waals surface area (Å²) >= 11 is 0. The summed E-state index contributed by atoms with van der Waals surface area (Å²) in [5.41, 5.74) is 1.50. The van der Waals surface area contributed by atoms with Crippen LogP contribution in [-0.2, 0) is 0 Å². The van der Waals surface area contributed by atoms with Gasteiger partial charge in [-0.25, -0.2) is 0 Å².